The number of hydrogen-bond acceptors (Lipinski definition) is 4. The third-order valence-corrected chi connectivity index (χ3v) is 4.94. The first-order valence-electron chi connectivity index (χ1n) is 10.7. The van der Waals surface area contributed by atoms with E-state index < -0.39 is 12.0 Å². The molecule has 2 amide bonds. The maximum absolute atomic E-state index is 12.9. The number of rotatable bonds is 8. The van der Waals surface area contributed by atoms with E-state index in [4.69, 9.17) is 9.47 Å². The minimum absolute atomic E-state index is 0.254. The van der Waals surface area contributed by atoms with Crippen LogP contribution in [0.15, 0.2) is 59.8 Å². The van der Waals surface area contributed by atoms with Gasteiger partial charge in [-0.1, -0.05) is 37.6 Å². The van der Waals surface area contributed by atoms with E-state index in [2.05, 4.69) is 17.6 Å². The number of hydrogen-bond donors (Lipinski definition) is 2. The molecule has 6 heteroatoms. The van der Waals surface area contributed by atoms with Crippen LogP contribution in [0.2, 0.25) is 0 Å². The van der Waals surface area contributed by atoms with Crippen molar-refractivity contribution in [2.45, 2.75) is 59.1 Å². The van der Waals surface area contributed by atoms with Crippen LogP contribution in [0.3, 0.4) is 0 Å². The normalized spacial score (nSPS) is 16.0. The van der Waals surface area contributed by atoms with Gasteiger partial charge in [0.2, 0.25) is 0 Å². The number of carbonyl (C=O) groups excluding carboxylic acids is 2. The molecular weight excluding hydrogens is 392 g/mol. The average molecular weight is 423 g/mol. The van der Waals surface area contributed by atoms with Crippen molar-refractivity contribution in [2.75, 3.05) is 0 Å². The molecule has 31 heavy (non-hydrogen) atoms. The first-order chi connectivity index (χ1) is 14.9. The van der Waals surface area contributed by atoms with Crippen molar-refractivity contribution in [3.63, 3.8) is 0 Å². The molecule has 0 aliphatic carbocycles. The Balaban J connectivity index is 1.89. The van der Waals surface area contributed by atoms with Crippen molar-refractivity contribution in [1.82, 2.24) is 10.6 Å². The summed E-state index contributed by atoms with van der Waals surface area (Å²) in [6.45, 7) is 7.70. The Bertz CT molecular complexity index is 964. The second-order valence-corrected chi connectivity index (χ2v) is 7.97. The van der Waals surface area contributed by atoms with Gasteiger partial charge in [0.15, 0.2) is 0 Å². The highest BCUT2D eigenvalue weighted by atomic mass is 16.5. The van der Waals surface area contributed by atoms with Crippen LogP contribution in [-0.4, -0.2) is 18.1 Å². The van der Waals surface area contributed by atoms with E-state index in [1.54, 1.807) is 0 Å². The van der Waals surface area contributed by atoms with Gasteiger partial charge in [-0.3, -0.25) is 0 Å². The second-order valence-electron chi connectivity index (χ2n) is 7.97. The first-order valence-corrected chi connectivity index (χ1v) is 10.7. The summed E-state index contributed by atoms with van der Waals surface area (Å²) in [5.74, 6) is 1.01. The average Bonchev–Trinajstić information content (AvgIpc) is 2.71. The smallest absolute Gasteiger partial charge is 0.338 e. The Labute approximate surface area is 183 Å². The first kappa shape index (κ1) is 22.4. The summed E-state index contributed by atoms with van der Waals surface area (Å²) in [5, 5.41) is 5.68. The zero-order valence-corrected chi connectivity index (χ0v) is 18.5. The molecule has 1 atom stereocenters. The molecule has 0 aromatic heterocycles. The van der Waals surface area contributed by atoms with E-state index in [0.29, 0.717) is 23.4 Å². The number of aryl methyl sites for hydroxylation is 1. The molecule has 1 heterocycles. The van der Waals surface area contributed by atoms with Gasteiger partial charge in [0.1, 0.15) is 11.5 Å². The van der Waals surface area contributed by atoms with Crippen LogP contribution in [-0.2, 0) is 9.53 Å². The fraction of sp³-hybridized carbons (Fsp3) is 0.360. The highest BCUT2D eigenvalue weighted by Crippen LogP contribution is 2.32. The van der Waals surface area contributed by atoms with Crippen molar-refractivity contribution in [3.8, 4) is 11.5 Å². The quantitative estimate of drug-likeness (QED) is 0.548. The third kappa shape index (κ3) is 5.87. The number of nitrogens with one attached hydrogen (secondary N) is 2. The van der Waals surface area contributed by atoms with Crippen LogP contribution in [0.1, 0.15) is 57.2 Å². The van der Waals surface area contributed by atoms with E-state index >= 15 is 0 Å². The number of allylic oxidation sites excluding steroid dienone is 1. The summed E-state index contributed by atoms with van der Waals surface area (Å²) >= 11 is 0. The van der Waals surface area contributed by atoms with Gasteiger partial charge in [-0.2, -0.15) is 0 Å². The molecule has 164 valence electrons. The molecule has 0 saturated carbocycles. The van der Waals surface area contributed by atoms with Gasteiger partial charge in [0.25, 0.3) is 0 Å². The van der Waals surface area contributed by atoms with Crippen LogP contribution in [0.25, 0.3) is 0 Å². The van der Waals surface area contributed by atoms with Crippen LogP contribution < -0.4 is 15.4 Å². The van der Waals surface area contributed by atoms with Gasteiger partial charge >= 0.3 is 12.0 Å². The number of benzene rings is 2. The molecule has 6 nitrogen and oxygen atoms in total. The van der Waals surface area contributed by atoms with Crippen molar-refractivity contribution < 1.29 is 19.1 Å². The van der Waals surface area contributed by atoms with Crippen molar-refractivity contribution in [1.29, 1.82) is 0 Å². The molecule has 0 bridgehead atoms. The predicted molar refractivity (Wildman–Crippen MR) is 120 cm³/mol. The summed E-state index contributed by atoms with van der Waals surface area (Å²) in [4.78, 5) is 25.2. The van der Waals surface area contributed by atoms with Gasteiger partial charge in [-0.15, -0.1) is 0 Å². The van der Waals surface area contributed by atoms with Crippen LogP contribution in [0.4, 0.5) is 4.79 Å². The number of amides is 2. The van der Waals surface area contributed by atoms with Crippen molar-refractivity contribution in [2.24, 2.45) is 0 Å². The van der Waals surface area contributed by atoms with Crippen molar-refractivity contribution >= 4 is 12.0 Å². The largest absolute Gasteiger partial charge is 0.459 e. The van der Waals surface area contributed by atoms with E-state index in [1.165, 1.54) is 0 Å². The number of carbonyl (C=O) groups is 2. The predicted octanol–water partition coefficient (Wildman–Crippen LogP) is 5.54. The summed E-state index contributed by atoms with van der Waals surface area (Å²) in [7, 11) is 0. The second kappa shape index (κ2) is 10.2. The van der Waals surface area contributed by atoms with E-state index in [-0.39, 0.29) is 12.1 Å². The number of ether oxygens (including phenoxy) is 2. The third-order valence-electron chi connectivity index (χ3n) is 4.94. The molecule has 0 radical (unpaired) electrons. The molecular formula is C25H30N2O4. The Morgan fingerprint density at radius 2 is 1.84 bits per heavy atom. The lowest BCUT2D eigenvalue weighted by atomic mass is 9.93. The zero-order valence-electron chi connectivity index (χ0n) is 18.5. The summed E-state index contributed by atoms with van der Waals surface area (Å²) in [5.41, 5.74) is 2.98. The lowest BCUT2D eigenvalue weighted by Crippen LogP contribution is -2.46. The van der Waals surface area contributed by atoms with Gasteiger partial charge in [0.05, 0.1) is 17.7 Å². The van der Waals surface area contributed by atoms with Gasteiger partial charge in [0, 0.05) is 5.70 Å². The van der Waals surface area contributed by atoms with Crippen molar-refractivity contribution in [3.05, 3.63) is 70.9 Å². The lowest BCUT2D eigenvalue weighted by Gasteiger charge is -2.30. The molecule has 1 unspecified atom stereocenters. The van der Waals surface area contributed by atoms with Crippen LogP contribution in [0, 0.1) is 6.92 Å². The molecule has 0 saturated heterocycles. The summed E-state index contributed by atoms with van der Waals surface area (Å²) < 4.78 is 11.4. The molecule has 0 spiro atoms. The Hall–Kier alpha value is -3.28. The molecule has 1 aliphatic rings. The molecule has 3 rings (SSSR count). The Morgan fingerprint density at radius 3 is 2.48 bits per heavy atom. The molecule has 2 N–H and O–H groups in total. The summed E-state index contributed by atoms with van der Waals surface area (Å²) in [6.07, 6.45) is 2.17. The minimum atomic E-state index is -0.583. The zero-order chi connectivity index (χ0) is 22.4. The Kier molecular flexibility index (Phi) is 7.34. The maximum Gasteiger partial charge on any atom is 0.338 e. The minimum Gasteiger partial charge on any atom is -0.459 e. The monoisotopic (exact) mass is 422 g/mol. The van der Waals surface area contributed by atoms with E-state index in [9.17, 15) is 9.59 Å². The van der Waals surface area contributed by atoms with Crippen LogP contribution in [0.5, 0.6) is 11.5 Å². The summed E-state index contributed by atoms with van der Waals surface area (Å²) in [6, 6.07) is 14.3. The van der Waals surface area contributed by atoms with Gasteiger partial charge in [-0.25, -0.2) is 9.59 Å². The van der Waals surface area contributed by atoms with Gasteiger partial charge < -0.3 is 20.1 Å². The highest BCUT2D eigenvalue weighted by molar-refractivity contribution is 5.95. The van der Waals surface area contributed by atoms with E-state index in [1.807, 2.05) is 69.3 Å². The molecule has 0 fully saturated rings. The topological polar surface area (TPSA) is 76.7 Å². The SMILES string of the molecule is CCCCC1=C(C(=O)OC(C)C)C(c2ccc(Oc3cccc(C)c3)cc2)NC(=O)N1. The van der Waals surface area contributed by atoms with Crippen LogP contribution >= 0.6 is 0 Å². The molecule has 1 aliphatic heterocycles. The van der Waals surface area contributed by atoms with E-state index in [0.717, 1.165) is 29.7 Å². The van der Waals surface area contributed by atoms with Gasteiger partial charge in [-0.05, 0) is 69.0 Å². The fourth-order valence-corrected chi connectivity index (χ4v) is 3.48. The number of unbranched alkanes of at least 4 members (excludes halogenated alkanes) is 1. The Morgan fingerprint density at radius 1 is 1.10 bits per heavy atom. The number of urea groups is 1. The molecule has 2 aromatic rings. The fourth-order valence-electron chi connectivity index (χ4n) is 3.48. The standard InChI is InChI=1S/C25H30N2O4/c1-5-6-10-21-22(24(28)30-16(2)3)23(27-25(29)26-21)18-11-13-19(14-12-18)31-20-9-7-8-17(4)15-20/h7-9,11-16,23H,5-6,10H2,1-4H3,(H2,26,27,29). The lowest BCUT2D eigenvalue weighted by molar-refractivity contribution is -0.143. The maximum atomic E-state index is 12.9. The highest BCUT2D eigenvalue weighted by Gasteiger charge is 2.33. The molecule has 2 aromatic carbocycles. The number of esters is 1.